The molecule has 1 aromatic carbocycles. The molecule has 0 saturated carbocycles. The smallest absolute Gasteiger partial charge is 0.342 e. The van der Waals surface area contributed by atoms with Crippen LogP contribution in [0.4, 0.5) is 0 Å². The van der Waals surface area contributed by atoms with Gasteiger partial charge in [0, 0.05) is 19.8 Å². The molecule has 3 rings (SSSR count). The summed E-state index contributed by atoms with van der Waals surface area (Å²) in [6, 6.07) is 8.36. The van der Waals surface area contributed by atoms with Crippen LogP contribution in [0.1, 0.15) is 50.2 Å². The van der Waals surface area contributed by atoms with E-state index < -0.39 is 5.97 Å². The Labute approximate surface area is 194 Å². The normalized spacial score (nSPS) is 9.78. The molecule has 0 aliphatic carbocycles. The number of carbonyl (C=O) groups excluding carboxylic acids is 2. The van der Waals surface area contributed by atoms with Gasteiger partial charge >= 0.3 is 11.9 Å². The number of ether oxygens (including phenoxy) is 2. The average Bonchev–Trinajstić information content (AvgIpc) is 3.22. The number of halogens is 1. The van der Waals surface area contributed by atoms with Crippen molar-refractivity contribution in [3.63, 3.8) is 0 Å². The molecule has 0 aliphatic heterocycles. The van der Waals surface area contributed by atoms with Crippen LogP contribution in [0.3, 0.4) is 0 Å². The minimum Gasteiger partial charge on any atom is -0.465 e. The molecule has 0 saturated heterocycles. The highest BCUT2D eigenvalue weighted by atomic mass is 35.5. The minimum absolute atomic E-state index is 0.182. The van der Waals surface area contributed by atoms with Crippen molar-refractivity contribution in [3.05, 3.63) is 69.3 Å². The van der Waals surface area contributed by atoms with Gasteiger partial charge in [0.05, 0.1) is 25.6 Å². The van der Waals surface area contributed by atoms with Gasteiger partial charge in [-0.3, -0.25) is 9.36 Å². The lowest BCUT2D eigenvalue weighted by Gasteiger charge is -1.99. The summed E-state index contributed by atoms with van der Waals surface area (Å²) < 4.78 is 12.5. The number of benzene rings is 1. The third kappa shape index (κ3) is 7.23. The van der Waals surface area contributed by atoms with Crippen molar-refractivity contribution in [1.29, 1.82) is 0 Å². The standard InChI is InChI=1S/C8H12N2O2.C8H10.C7H9ClN2O2/c1-4-12-8(11)7-5-9-10(3)6(7)2;1-7-5-3-4-6-8(7)2;1-4-5(7(11)12-3)6(8)9-10(4)2/h5H,4H2,1-3H3;3-6H,1-2H3;1-3H3. The lowest BCUT2D eigenvalue weighted by molar-refractivity contribution is 0.0524. The van der Waals surface area contributed by atoms with E-state index in [9.17, 15) is 9.59 Å². The largest absolute Gasteiger partial charge is 0.465 e. The summed E-state index contributed by atoms with van der Waals surface area (Å²) in [5.41, 5.74) is 5.14. The predicted octanol–water partition coefficient (Wildman–Crippen LogP) is 4.38. The zero-order chi connectivity index (χ0) is 24.4. The maximum absolute atomic E-state index is 11.2. The second-order valence-corrected chi connectivity index (χ2v) is 7.30. The Kier molecular flexibility index (Phi) is 10.6. The van der Waals surface area contributed by atoms with Gasteiger partial charge < -0.3 is 9.47 Å². The first-order valence-electron chi connectivity index (χ1n) is 10.00. The Hall–Kier alpha value is -3.13. The number of rotatable bonds is 3. The first-order chi connectivity index (χ1) is 15.0. The van der Waals surface area contributed by atoms with Crippen molar-refractivity contribution in [2.45, 2.75) is 34.6 Å². The Bertz CT molecular complexity index is 1040. The van der Waals surface area contributed by atoms with Crippen molar-refractivity contribution in [3.8, 4) is 0 Å². The van der Waals surface area contributed by atoms with Crippen LogP contribution in [0, 0.1) is 27.7 Å². The number of esters is 2. The van der Waals surface area contributed by atoms with Crippen LogP contribution in [0.25, 0.3) is 0 Å². The zero-order valence-corrected chi connectivity index (χ0v) is 20.6. The predicted molar refractivity (Wildman–Crippen MR) is 124 cm³/mol. The van der Waals surface area contributed by atoms with Gasteiger partial charge in [-0.25, -0.2) is 9.59 Å². The molecule has 0 bridgehead atoms. The van der Waals surface area contributed by atoms with Gasteiger partial charge in [-0.15, -0.1) is 0 Å². The molecule has 2 heterocycles. The Balaban J connectivity index is 0.000000245. The van der Waals surface area contributed by atoms with E-state index in [0.717, 1.165) is 5.69 Å². The fraction of sp³-hybridized carbons (Fsp3) is 0.391. The topological polar surface area (TPSA) is 88.2 Å². The number of hydrogen-bond acceptors (Lipinski definition) is 6. The molecular formula is C23H31ClN4O4. The van der Waals surface area contributed by atoms with Gasteiger partial charge in [-0.1, -0.05) is 35.9 Å². The van der Waals surface area contributed by atoms with Crippen molar-refractivity contribution in [2.75, 3.05) is 13.7 Å². The highest BCUT2D eigenvalue weighted by Crippen LogP contribution is 2.18. The summed E-state index contributed by atoms with van der Waals surface area (Å²) in [5.74, 6) is -0.756. The molecule has 0 radical (unpaired) electrons. The van der Waals surface area contributed by atoms with E-state index in [1.807, 2.05) is 6.92 Å². The summed E-state index contributed by atoms with van der Waals surface area (Å²) >= 11 is 5.69. The summed E-state index contributed by atoms with van der Waals surface area (Å²) in [6.07, 6.45) is 1.52. The molecule has 0 spiro atoms. The van der Waals surface area contributed by atoms with Crippen LogP contribution in [-0.4, -0.2) is 45.2 Å². The van der Waals surface area contributed by atoms with Crippen LogP contribution in [-0.2, 0) is 23.6 Å². The van der Waals surface area contributed by atoms with Gasteiger partial charge in [0.15, 0.2) is 5.15 Å². The molecule has 2 aromatic heterocycles. The third-order valence-electron chi connectivity index (χ3n) is 4.84. The molecule has 0 fully saturated rings. The number of carbonyl (C=O) groups is 2. The molecular weight excluding hydrogens is 432 g/mol. The maximum Gasteiger partial charge on any atom is 0.342 e. The highest BCUT2D eigenvalue weighted by Gasteiger charge is 2.18. The molecule has 0 amide bonds. The van der Waals surface area contributed by atoms with Crippen molar-refractivity contribution >= 4 is 23.5 Å². The van der Waals surface area contributed by atoms with E-state index in [-0.39, 0.29) is 11.1 Å². The molecule has 0 aliphatic rings. The lowest BCUT2D eigenvalue weighted by Crippen LogP contribution is -2.06. The Morgan fingerprint density at radius 2 is 1.53 bits per heavy atom. The van der Waals surface area contributed by atoms with Gasteiger partial charge in [-0.2, -0.15) is 10.2 Å². The minimum atomic E-state index is -0.453. The van der Waals surface area contributed by atoms with Crippen LogP contribution in [0.15, 0.2) is 30.5 Å². The van der Waals surface area contributed by atoms with Gasteiger partial charge in [0.2, 0.25) is 0 Å². The fourth-order valence-electron chi connectivity index (χ4n) is 2.47. The van der Waals surface area contributed by atoms with E-state index in [1.165, 1.54) is 29.1 Å². The summed E-state index contributed by atoms with van der Waals surface area (Å²) in [5, 5.41) is 7.98. The molecule has 9 heteroatoms. The molecule has 0 atom stereocenters. The van der Waals surface area contributed by atoms with E-state index in [1.54, 1.807) is 32.6 Å². The maximum atomic E-state index is 11.2. The fourth-order valence-corrected chi connectivity index (χ4v) is 2.80. The number of hydrogen-bond donors (Lipinski definition) is 0. The quantitative estimate of drug-likeness (QED) is 0.537. The SMILES string of the molecule is CCOC(=O)c1cnn(C)c1C.COC(=O)c1c(Cl)nn(C)c1C.Cc1ccccc1C. The van der Waals surface area contributed by atoms with Crippen LogP contribution >= 0.6 is 11.6 Å². The molecule has 0 N–H and O–H groups in total. The van der Waals surface area contributed by atoms with Crippen molar-refractivity contribution < 1.29 is 19.1 Å². The van der Waals surface area contributed by atoms with E-state index in [2.05, 4.69) is 53.0 Å². The second kappa shape index (κ2) is 12.7. The number of methoxy groups -OCH3 is 1. The van der Waals surface area contributed by atoms with Gasteiger partial charge in [0.25, 0.3) is 0 Å². The number of nitrogens with zero attached hydrogens (tertiary/aromatic N) is 4. The van der Waals surface area contributed by atoms with Crippen LogP contribution in [0.5, 0.6) is 0 Å². The monoisotopic (exact) mass is 462 g/mol. The third-order valence-corrected chi connectivity index (χ3v) is 5.10. The number of aryl methyl sites for hydroxylation is 4. The van der Waals surface area contributed by atoms with Crippen molar-refractivity contribution in [1.82, 2.24) is 19.6 Å². The second-order valence-electron chi connectivity index (χ2n) is 6.94. The molecule has 3 aromatic rings. The summed E-state index contributed by atoms with van der Waals surface area (Å²) in [4.78, 5) is 22.3. The van der Waals surface area contributed by atoms with E-state index in [4.69, 9.17) is 16.3 Å². The van der Waals surface area contributed by atoms with Gasteiger partial charge in [-0.05, 0) is 45.7 Å². The first kappa shape index (κ1) is 26.9. The average molecular weight is 463 g/mol. The molecule has 174 valence electrons. The molecule has 8 nitrogen and oxygen atoms in total. The zero-order valence-electron chi connectivity index (χ0n) is 19.9. The summed E-state index contributed by atoms with van der Waals surface area (Å²) in [6.45, 7) is 10.0. The molecule has 32 heavy (non-hydrogen) atoms. The van der Waals surface area contributed by atoms with E-state index in [0.29, 0.717) is 23.4 Å². The van der Waals surface area contributed by atoms with Gasteiger partial charge in [0.1, 0.15) is 11.1 Å². The van der Waals surface area contributed by atoms with Crippen LogP contribution in [0.2, 0.25) is 5.15 Å². The number of aromatic nitrogens is 4. The molecule has 0 unspecified atom stereocenters. The highest BCUT2D eigenvalue weighted by molar-refractivity contribution is 6.32. The Morgan fingerprint density at radius 3 is 1.88 bits per heavy atom. The van der Waals surface area contributed by atoms with E-state index >= 15 is 0 Å². The van der Waals surface area contributed by atoms with Crippen molar-refractivity contribution in [2.24, 2.45) is 14.1 Å². The van der Waals surface area contributed by atoms with Crippen LogP contribution < -0.4 is 0 Å². The lowest BCUT2D eigenvalue weighted by atomic mass is 10.1. The first-order valence-corrected chi connectivity index (χ1v) is 10.4. The Morgan fingerprint density at radius 1 is 0.969 bits per heavy atom. The summed E-state index contributed by atoms with van der Waals surface area (Å²) in [7, 11) is 4.82.